The smallest absolute Gasteiger partial charge is 0.242 e. The molecule has 0 unspecified atom stereocenters. The number of carbonyl (C=O) groups is 2. The van der Waals surface area contributed by atoms with Crippen molar-refractivity contribution < 1.29 is 9.59 Å². The zero-order valence-corrected chi connectivity index (χ0v) is 19.9. The number of nitrogens with one attached hydrogen (secondary N) is 1. The van der Waals surface area contributed by atoms with Crippen molar-refractivity contribution >= 4 is 46.8 Å². The van der Waals surface area contributed by atoms with Gasteiger partial charge < -0.3 is 10.2 Å². The van der Waals surface area contributed by atoms with Gasteiger partial charge in [0.1, 0.15) is 6.04 Å². The SMILES string of the molecule is CC(C)CNC(=O)[C@H](C)N(Cc1cccc(Cl)c1)C(=O)CSCc1ccc(Cl)cc1. The van der Waals surface area contributed by atoms with Crippen molar-refractivity contribution in [3.63, 3.8) is 0 Å². The lowest BCUT2D eigenvalue weighted by molar-refractivity contribution is -0.138. The summed E-state index contributed by atoms with van der Waals surface area (Å²) in [5.74, 6) is 1.09. The maximum Gasteiger partial charge on any atom is 0.242 e. The zero-order chi connectivity index (χ0) is 22.1. The fourth-order valence-corrected chi connectivity index (χ4v) is 4.00. The number of amides is 2. The van der Waals surface area contributed by atoms with Gasteiger partial charge in [-0.1, -0.05) is 61.3 Å². The van der Waals surface area contributed by atoms with Gasteiger partial charge in [0.25, 0.3) is 0 Å². The quantitative estimate of drug-likeness (QED) is 0.508. The van der Waals surface area contributed by atoms with Gasteiger partial charge in [0.2, 0.25) is 11.8 Å². The fourth-order valence-electron chi connectivity index (χ4n) is 2.79. The van der Waals surface area contributed by atoms with Crippen LogP contribution < -0.4 is 5.32 Å². The van der Waals surface area contributed by atoms with E-state index < -0.39 is 6.04 Å². The first-order chi connectivity index (χ1) is 14.3. The predicted molar refractivity (Wildman–Crippen MR) is 127 cm³/mol. The average molecular weight is 467 g/mol. The summed E-state index contributed by atoms with van der Waals surface area (Å²) in [6, 6.07) is 14.4. The molecule has 2 aromatic carbocycles. The number of nitrogens with zero attached hydrogens (tertiary/aromatic N) is 1. The lowest BCUT2D eigenvalue weighted by Gasteiger charge is -2.29. The second-order valence-electron chi connectivity index (χ2n) is 7.59. The third-order valence-corrected chi connectivity index (χ3v) is 5.98. The van der Waals surface area contributed by atoms with Crippen molar-refractivity contribution in [1.29, 1.82) is 0 Å². The average Bonchev–Trinajstić information content (AvgIpc) is 2.71. The van der Waals surface area contributed by atoms with Crippen LogP contribution in [0.15, 0.2) is 48.5 Å². The molecule has 0 fully saturated rings. The molecular formula is C23H28Cl2N2O2S. The van der Waals surface area contributed by atoms with Crippen LogP contribution >= 0.6 is 35.0 Å². The van der Waals surface area contributed by atoms with Gasteiger partial charge in [0.05, 0.1) is 5.75 Å². The number of benzene rings is 2. The summed E-state index contributed by atoms with van der Waals surface area (Å²) in [4.78, 5) is 27.3. The molecule has 0 saturated carbocycles. The topological polar surface area (TPSA) is 49.4 Å². The summed E-state index contributed by atoms with van der Waals surface area (Å²) in [5.41, 5.74) is 1.99. The highest BCUT2D eigenvalue weighted by molar-refractivity contribution is 7.99. The molecule has 30 heavy (non-hydrogen) atoms. The molecule has 1 N–H and O–H groups in total. The Morgan fingerprint density at radius 1 is 1.00 bits per heavy atom. The van der Waals surface area contributed by atoms with E-state index in [9.17, 15) is 9.59 Å². The predicted octanol–water partition coefficient (Wildman–Crippen LogP) is 5.42. The molecule has 0 aliphatic carbocycles. The van der Waals surface area contributed by atoms with Gasteiger partial charge in [-0.15, -0.1) is 11.8 Å². The molecule has 0 spiro atoms. The summed E-state index contributed by atoms with van der Waals surface area (Å²) in [6.45, 7) is 6.74. The summed E-state index contributed by atoms with van der Waals surface area (Å²) >= 11 is 13.5. The Morgan fingerprint density at radius 3 is 2.33 bits per heavy atom. The van der Waals surface area contributed by atoms with Gasteiger partial charge >= 0.3 is 0 Å². The molecular weight excluding hydrogens is 439 g/mol. The Hall–Kier alpha value is -1.69. The molecule has 2 amide bonds. The van der Waals surface area contributed by atoms with Crippen LogP contribution in [0.2, 0.25) is 10.0 Å². The summed E-state index contributed by atoms with van der Waals surface area (Å²) in [6.07, 6.45) is 0. The Bertz CT molecular complexity index is 843. The molecule has 0 saturated heterocycles. The standard InChI is InChI=1S/C23H28Cl2N2O2S/c1-16(2)12-26-23(29)17(3)27(13-19-5-4-6-21(25)11-19)22(28)15-30-14-18-7-9-20(24)10-8-18/h4-11,16-17H,12-15H2,1-3H3,(H,26,29)/t17-/m0/s1. The van der Waals surface area contributed by atoms with Crippen molar-refractivity contribution in [3.05, 3.63) is 69.7 Å². The molecule has 0 heterocycles. The van der Waals surface area contributed by atoms with Gasteiger partial charge in [-0.2, -0.15) is 0 Å². The third-order valence-electron chi connectivity index (χ3n) is 4.50. The van der Waals surface area contributed by atoms with E-state index in [0.29, 0.717) is 34.8 Å². The second kappa shape index (κ2) is 12.2. The van der Waals surface area contributed by atoms with E-state index in [1.807, 2.05) is 56.3 Å². The molecule has 0 aromatic heterocycles. The van der Waals surface area contributed by atoms with E-state index in [1.54, 1.807) is 17.9 Å². The van der Waals surface area contributed by atoms with Crippen molar-refractivity contribution in [2.24, 2.45) is 5.92 Å². The van der Waals surface area contributed by atoms with Crippen LogP contribution in [0.3, 0.4) is 0 Å². The number of hydrogen-bond acceptors (Lipinski definition) is 3. The van der Waals surface area contributed by atoms with E-state index in [2.05, 4.69) is 5.32 Å². The molecule has 162 valence electrons. The highest BCUT2D eigenvalue weighted by Gasteiger charge is 2.26. The summed E-state index contributed by atoms with van der Waals surface area (Å²) in [5, 5.41) is 4.22. The first-order valence-corrected chi connectivity index (χ1v) is 11.8. The second-order valence-corrected chi connectivity index (χ2v) is 9.44. The lowest BCUT2D eigenvalue weighted by Crippen LogP contribution is -2.48. The lowest BCUT2D eigenvalue weighted by atomic mass is 10.1. The molecule has 2 aromatic rings. The van der Waals surface area contributed by atoms with Crippen LogP contribution in [-0.2, 0) is 21.9 Å². The van der Waals surface area contributed by atoms with Crippen LogP contribution in [0, 0.1) is 5.92 Å². The van der Waals surface area contributed by atoms with E-state index in [1.165, 1.54) is 11.8 Å². The van der Waals surface area contributed by atoms with Crippen LogP contribution in [0.5, 0.6) is 0 Å². The Labute approximate surface area is 193 Å². The normalized spacial score (nSPS) is 11.9. The van der Waals surface area contributed by atoms with Gasteiger partial charge in [0.15, 0.2) is 0 Å². The molecule has 0 aliphatic heterocycles. The van der Waals surface area contributed by atoms with Gasteiger partial charge in [0, 0.05) is 28.9 Å². The van der Waals surface area contributed by atoms with Crippen molar-refractivity contribution in [3.8, 4) is 0 Å². The Balaban J connectivity index is 2.05. The first-order valence-electron chi connectivity index (χ1n) is 9.90. The molecule has 2 rings (SSSR count). The van der Waals surface area contributed by atoms with Crippen LogP contribution in [0.25, 0.3) is 0 Å². The highest BCUT2D eigenvalue weighted by Crippen LogP contribution is 2.19. The van der Waals surface area contributed by atoms with Crippen molar-refractivity contribution in [2.75, 3.05) is 12.3 Å². The number of rotatable bonds is 10. The number of hydrogen-bond donors (Lipinski definition) is 1. The van der Waals surface area contributed by atoms with E-state index in [0.717, 1.165) is 11.1 Å². The zero-order valence-electron chi connectivity index (χ0n) is 17.5. The van der Waals surface area contributed by atoms with Gasteiger partial charge in [-0.3, -0.25) is 9.59 Å². The van der Waals surface area contributed by atoms with Crippen LogP contribution in [-0.4, -0.2) is 35.1 Å². The molecule has 0 aliphatic rings. The molecule has 0 radical (unpaired) electrons. The monoisotopic (exact) mass is 466 g/mol. The fraction of sp³-hybridized carbons (Fsp3) is 0.391. The van der Waals surface area contributed by atoms with E-state index in [-0.39, 0.29) is 17.6 Å². The largest absolute Gasteiger partial charge is 0.354 e. The maximum atomic E-state index is 13.0. The molecule has 0 bridgehead atoms. The number of thioether (sulfide) groups is 1. The molecule has 4 nitrogen and oxygen atoms in total. The van der Waals surface area contributed by atoms with Crippen LogP contribution in [0.1, 0.15) is 31.9 Å². The minimum atomic E-state index is -0.577. The molecule has 7 heteroatoms. The van der Waals surface area contributed by atoms with Crippen molar-refractivity contribution in [2.45, 2.75) is 39.1 Å². The van der Waals surface area contributed by atoms with Crippen molar-refractivity contribution in [1.82, 2.24) is 10.2 Å². The summed E-state index contributed by atoms with van der Waals surface area (Å²) in [7, 11) is 0. The Kier molecular flexibility index (Phi) is 10.0. The third kappa shape index (κ3) is 8.21. The van der Waals surface area contributed by atoms with E-state index >= 15 is 0 Å². The van der Waals surface area contributed by atoms with Gasteiger partial charge in [-0.05, 0) is 48.2 Å². The summed E-state index contributed by atoms with van der Waals surface area (Å²) < 4.78 is 0. The van der Waals surface area contributed by atoms with E-state index in [4.69, 9.17) is 23.2 Å². The number of halogens is 2. The minimum absolute atomic E-state index is 0.0823. The van der Waals surface area contributed by atoms with Crippen LogP contribution in [0.4, 0.5) is 0 Å². The van der Waals surface area contributed by atoms with Gasteiger partial charge in [-0.25, -0.2) is 0 Å². The first kappa shape index (κ1) is 24.6. The minimum Gasteiger partial charge on any atom is -0.354 e. The highest BCUT2D eigenvalue weighted by atomic mass is 35.5. The maximum absolute atomic E-state index is 13.0. The Morgan fingerprint density at radius 2 is 1.70 bits per heavy atom. The molecule has 1 atom stereocenters. The number of carbonyl (C=O) groups excluding carboxylic acids is 2.